The molecule has 1 aromatic heterocycles. The average molecular weight is 605 g/mol. The summed E-state index contributed by atoms with van der Waals surface area (Å²) in [7, 11) is 0. The normalized spacial score (nSPS) is 20.3. The highest BCUT2D eigenvalue weighted by Gasteiger charge is 2.38. The van der Waals surface area contributed by atoms with Gasteiger partial charge in [-0.05, 0) is 41.7 Å². The minimum atomic E-state index is -0.547. The van der Waals surface area contributed by atoms with Gasteiger partial charge in [-0.15, -0.1) is 10.2 Å². The fourth-order valence-corrected chi connectivity index (χ4v) is 6.98. The van der Waals surface area contributed by atoms with E-state index in [4.69, 9.17) is 9.47 Å². The molecule has 3 N–H and O–H groups in total. The number of aliphatic hydroxyl groups excluding tert-OH is 1. The molecule has 4 aromatic rings. The van der Waals surface area contributed by atoms with Crippen LogP contribution in [0.4, 0.5) is 4.79 Å². The number of ether oxygens (including phenoxy) is 2. The number of aromatic nitrogens is 2. The molecule has 8 nitrogen and oxygen atoms in total. The quantitative estimate of drug-likeness (QED) is 0.180. The molecule has 0 bridgehead atoms. The number of carbonyl (C=O) groups excluding carboxylic acids is 1. The van der Waals surface area contributed by atoms with Crippen LogP contribution in [0.3, 0.4) is 0 Å². The van der Waals surface area contributed by atoms with Gasteiger partial charge in [0.2, 0.25) is 0 Å². The summed E-state index contributed by atoms with van der Waals surface area (Å²) >= 11 is 3.25. The number of benzene rings is 3. The van der Waals surface area contributed by atoms with E-state index in [1.165, 1.54) is 0 Å². The fourth-order valence-electron chi connectivity index (χ4n) is 4.97. The first-order valence-corrected chi connectivity index (χ1v) is 15.9. The summed E-state index contributed by atoms with van der Waals surface area (Å²) in [6.45, 7) is 7.03. The molecule has 42 heavy (non-hydrogen) atoms. The lowest BCUT2D eigenvalue weighted by atomic mass is 9.91. The maximum atomic E-state index is 12.0. The number of hydrogen-bond acceptors (Lipinski definition) is 8. The highest BCUT2D eigenvalue weighted by molar-refractivity contribution is 8.01. The molecule has 5 rings (SSSR count). The van der Waals surface area contributed by atoms with E-state index in [0.29, 0.717) is 13.1 Å². The van der Waals surface area contributed by atoms with Gasteiger partial charge in [0.25, 0.3) is 0 Å². The lowest BCUT2D eigenvalue weighted by Crippen LogP contribution is -2.38. The SMILES string of the molecule is CCNC(=O)NCc1ccccc1-c1ccc([C@H]2O[C@@H](CSc3nnc(C)s3)[C@@H](C)[C@@H](c3ccc(CO)cc3)O2)cc1. The predicted molar refractivity (Wildman–Crippen MR) is 166 cm³/mol. The molecule has 0 radical (unpaired) electrons. The molecule has 2 heterocycles. The number of thioether (sulfide) groups is 1. The van der Waals surface area contributed by atoms with Crippen molar-refractivity contribution in [3.8, 4) is 11.1 Å². The number of urea groups is 1. The van der Waals surface area contributed by atoms with Crippen molar-refractivity contribution in [3.05, 3.63) is 100 Å². The smallest absolute Gasteiger partial charge is 0.315 e. The van der Waals surface area contributed by atoms with Crippen LogP contribution in [0.5, 0.6) is 0 Å². The number of carbonyl (C=O) groups is 1. The third kappa shape index (κ3) is 7.37. The number of rotatable bonds is 10. The van der Waals surface area contributed by atoms with Crippen LogP contribution in [-0.2, 0) is 22.6 Å². The van der Waals surface area contributed by atoms with Crippen LogP contribution in [-0.4, -0.2) is 39.7 Å². The van der Waals surface area contributed by atoms with Gasteiger partial charge in [0.05, 0.1) is 18.8 Å². The molecule has 0 unspecified atom stereocenters. The monoisotopic (exact) mass is 604 g/mol. The first-order valence-electron chi connectivity index (χ1n) is 14.1. The maximum Gasteiger partial charge on any atom is 0.315 e. The van der Waals surface area contributed by atoms with Crippen LogP contribution >= 0.6 is 23.1 Å². The van der Waals surface area contributed by atoms with Crippen LogP contribution < -0.4 is 10.6 Å². The Morgan fingerprint density at radius 1 is 0.976 bits per heavy atom. The molecule has 4 atom stereocenters. The molecular formula is C32H36N4O4S2. The standard InChI is InChI=1S/C32H36N4O4S2/c1-4-33-31(38)34-17-26-7-5-6-8-27(26)23-13-15-25(16-14-23)30-39-28(19-41-32-36-35-21(3)42-32)20(2)29(40-30)24-11-9-22(18-37)10-12-24/h5-16,20,28-30,37H,4,17-19H2,1-3H3,(H2,33,34,38)/t20-,28+,29+,30+/m1/s1. The number of nitrogens with zero attached hydrogens (tertiary/aromatic N) is 2. The van der Waals surface area contributed by atoms with Crippen molar-refractivity contribution >= 4 is 29.1 Å². The summed E-state index contributed by atoms with van der Waals surface area (Å²) in [5.41, 5.74) is 5.99. The third-order valence-corrected chi connectivity index (χ3v) is 9.35. The Morgan fingerprint density at radius 3 is 2.40 bits per heavy atom. The molecule has 0 spiro atoms. The largest absolute Gasteiger partial charge is 0.392 e. The Kier molecular flexibility index (Phi) is 10.2. The average Bonchev–Trinajstić information content (AvgIpc) is 3.45. The third-order valence-electron chi connectivity index (χ3n) is 7.29. The van der Waals surface area contributed by atoms with Crippen LogP contribution in [0.25, 0.3) is 11.1 Å². The zero-order valence-electron chi connectivity index (χ0n) is 23.9. The molecule has 10 heteroatoms. The topological polar surface area (TPSA) is 106 Å². The van der Waals surface area contributed by atoms with E-state index in [1.54, 1.807) is 23.1 Å². The van der Waals surface area contributed by atoms with Gasteiger partial charge in [0, 0.05) is 30.3 Å². The van der Waals surface area contributed by atoms with E-state index in [-0.39, 0.29) is 30.8 Å². The second kappa shape index (κ2) is 14.3. The van der Waals surface area contributed by atoms with E-state index < -0.39 is 6.29 Å². The summed E-state index contributed by atoms with van der Waals surface area (Å²) in [4.78, 5) is 12.0. The number of amides is 2. The molecule has 2 amide bonds. The molecule has 1 aliphatic heterocycles. The summed E-state index contributed by atoms with van der Waals surface area (Å²) < 4.78 is 14.1. The van der Waals surface area contributed by atoms with Crippen LogP contribution in [0.15, 0.2) is 77.1 Å². The Morgan fingerprint density at radius 2 is 1.71 bits per heavy atom. The molecule has 1 fully saturated rings. The highest BCUT2D eigenvalue weighted by atomic mass is 32.2. The molecule has 0 saturated carbocycles. The van der Waals surface area contributed by atoms with Gasteiger partial charge in [-0.3, -0.25) is 0 Å². The Labute approximate surface area is 254 Å². The predicted octanol–water partition coefficient (Wildman–Crippen LogP) is 6.41. The Bertz CT molecular complexity index is 1460. The Balaban J connectivity index is 1.36. The Hall–Kier alpha value is -3.28. The van der Waals surface area contributed by atoms with Crippen molar-refractivity contribution in [1.82, 2.24) is 20.8 Å². The minimum absolute atomic E-state index is 0.00506. The lowest BCUT2D eigenvalue weighted by Gasteiger charge is -2.41. The van der Waals surface area contributed by atoms with Crippen molar-refractivity contribution in [2.45, 2.75) is 56.8 Å². The van der Waals surface area contributed by atoms with Crippen molar-refractivity contribution in [1.29, 1.82) is 0 Å². The van der Waals surface area contributed by atoms with Gasteiger partial charge in [-0.1, -0.05) is 103 Å². The second-order valence-corrected chi connectivity index (χ2v) is 12.7. The van der Waals surface area contributed by atoms with E-state index in [2.05, 4.69) is 46.0 Å². The summed E-state index contributed by atoms with van der Waals surface area (Å²) in [6, 6.07) is 24.1. The maximum absolute atomic E-state index is 12.0. The molecule has 1 aliphatic rings. The summed E-state index contributed by atoms with van der Waals surface area (Å²) in [5.74, 6) is 0.816. The van der Waals surface area contributed by atoms with Crippen molar-refractivity contribution in [2.75, 3.05) is 12.3 Å². The van der Waals surface area contributed by atoms with Crippen molar-refractivity contribution < 1.29 is 19.4 Å². The van der Waals surface area contributed by atoms with Gasteiger partial charge in [-0.25, -0.2) is 4.79 Å². The fraction of sp³-hybridized carbons (Fsp3) is 0.344. The van der Waals surface area contributed by atoms with Gasteiger partial charge in [0.1, 0.15) is 5.01 Å². The van der Waals surface area contributed by atoms with Crippen LogP contribution in [0.2, 0.25) is 0 Å². The summed E-state index contributed by atoms with van der Waals surface area (Å²) in [6.07, 6.45) is -0.811. The minimum Gasteiger partial charge on any atom is -0.392 e. The molecule has 1 saturated heterocycles. The van der Waals surface area contributed by atoms with E-state index >= 15 is 0 Å². The molecule has 220 valence electrons. The van der Waals surface area contributed by atoms with E-state index in [9.17, 15) is 9.90 Å². The zero-order valence-corrected chi connectivity index (χ0v) is 25.6. The first kappa shape index (κ1) is 30.2. The lowest BCUT2D eigenvalue weighted by molar-refractivity contribution is -0.268. The number of nitrogens with one attached hydrogen (secondary N) is 2. The van der Waals surface area contributed by atoms with Crippen molar-refractivity contribution in [2.24, 2.45) is 5.92 Å². The van der Waals surface area contributed by atoms with Gasteiger partial charge >= 0.3 is 6.03 Å². The molecule has 0 aliphatic carbocycles. The van der Waals surface area contributed by atoms with Crippen LogP contribution in [0.1, 0.15) is 53.5 Å². The molecule has 3 aromatic carbocycles. The summed E-state index contributed by atoms with van der Waals surface area (Å²) in [5, 5.41) is 24.6. The van der Waals surface area contributed by atoms with E-state index in [1.807, 2.05) is 68.4 Å². The zero-order chi connectivity index (χ0) is 29.5. The second-order valence-electron chi connectivity index (χ2n) is 10.2. The van der Waals surface area contributed by atoms with E-state index in [0.717, 1.165) is 48.5 Å². The number of hydrogen-bond donors (Lipinski definition) is 3. The molecular weight excluding hydrogens is 569 g/mol. The van der Waals surface area contributed by atoms with Gasteiger partial charge in [-0.2, -0.15) is 0 Å². The highest BCUT2D eigenvalue weighted by Crippen LogP contribution is 2.43. The number of aryl methyl sites for hydroxylation is 1. The van der Waals surface area contributed by atoms with Gasteiger partial charge < -0.3 is 25.2 Å². The van der Waals surface area contributed by atoms with Gasteiger partial charge in [0.15, 0.2) is 10.6 Å². The van der Waals surface area contributed by atoms with Crippen molar-refractivity contribution in [3.63, 3.8) is 0 Å². The van der Waals surface area contributed by atoms with Crippen LogP contribution in [0, 0.1) is 12.8 Å². The first-order chi connectivity index (χ1) is 20.4. The number of aliphatic hydroxyl groups is 1.